The van der Waals surface area contributed by atoms with E-state index >= 15 is 0 Å². The van der Waals surface area contributed by atoms with E-state index < -0.39 is 10.9 Å². The Kier molecular flexibility index (Phi) is 5.30. The molecule has 0 saturated carbocycles. The summed E-state index contributed by atoms with van der Waals surface area (Å²) in [5.41, 5.74) is 0.223. The van der Waals surface area contributed by atoms with Crippen LogP contribution in [0.1, 0.15) is 6.92 Å². The van der Waals surface area contributed by atoms with Gasteiger partial charge in [0.2, 0.25) is 11.8 Å². The number of non-ortho nitro benzene ring substituents is 1. The molecule has 0 aliphatic carbocycles. The first-order chi connectivity index (χ1) is 11.4. The molecule has 1 aromatic carbocycles. The number of carbonyl (C=O) groups is 3. The first-order valence-corrected chi connectivity index (χ1v) is 7.12. The lowest BCUT2D eigenvalue weighted by atomic mass is 10.2. The highest BCUT2D eigenvalue weighted by Gasteiger charge is 2.27. The van der Waals surface area contributed by atoms with Crippen LogP contribution in [0.15, 0.2) is 18.2 Å². The predicted octanol–water partition coefficient (Wildman–Crippen LogP) is -0.427. The molecule has 128 valence electrons. The standard InChI is InChI=1S/C14H16N4O6/c1-9(19)15-4-5-16-13(20)7-17-8-14(21)24-12-6-10(18(22)23)2-3-11(12)17/h2-3,6H,4-5,7-8H2,1H3,(H,15,19)(H,16,20). The maximum absolute atomic E-state index is 11.9. The van der Waals surface area contributed by atoms with E-state index in [1.165, 1.54) is 24.0 Å². The molecule has 2 N–H and O–H groups in total. The van der Waals surface area contributed by atoms with Gasteiger partial charge in [-0.05, 0) is 6.07 Å². The molecule has 1 aliphatic heterocycles. The Morgan fingerprint density at radius 3 is 2.71 bits per heavy atom. The summed E-state index contributed by atoms with van der Waals surface area (Å²) in [7, 11) is 0. The third-order valence-electron chi connectivity index (χ3n) is 3.19. The molecule has 0 aromatic heterocycles. The average molecular weight is 336 g/mol. The van der Waals surface area contributed by atoms with E-state index in [4.69, 9.17) is 4.74 Å². The van der Waals surface area contributed by atoms with Crippen LogP contribution in [0.2, 0.25) is 0 Å². The fraction of sp³-hybridized carbons (Fsp3) is 0.357. The van der Waals surface area contributed by atoms with Crippen LogP contribution >= 0.6 is 0 Å². The van der Waals surface area contributed by atoms with Gasteiger partial charge < -0.3 is 20.3 Å². The second-order valence-electron chi connectivity index (χ2n) is 5.07. The van der Waals surface area contributed by atoms with Crippen molar-refractivity contribution in [2.75, 3.05) is 31.1 Å². The molecule has 10 heteroatoms. The molecule has 0 radical (unpaired) electrons. The lowest BCUT2D eigenvalue weighted by Gasteiger charge is -2.28. The molecule has 0 unspecified atom stereocenters. The van der Waals surface area contributed by atoms with E-state index in [1.807, 2.05) is 0 Å². The van der Waals surface area contributed by atoms with Gasteiger partial charge in [-0.3, -0.25) is 19.7 Å². The lowest BCUT2D eigenvalue weighted by Crippen LogP contribution is -2.44. The number of esters is 1. The van der Waals surface area contributed by atoms with Crippen molar-refractivity contribution in [3.63, 3.8) is 0 Å². The Morgan fingerprint density at radius 1 is 1.33 bits per heavy atom. The summed E-state index contributed by atoms with van der Waals surface area (Å²) in [6.07, 6.45) is 0. The molecular formula is C14H16N4O6. The van der Waals surface area contributed by atoms with Crippen LogP contribution in [0.25, 0.3) is 0 Å². The van der Waals surface area contributed by atoms with Gasteiger partial charge >= 0.3 is 5.97 Å². The highest BCUT2D eigenvalue weighted by molar-refractivity contribution is 5.89. The van der Waals surface area contributed by atoms with Gasteiger partial charge in [0, 0.05) is 26.1 Å². The van der Waals surface area contributed by atoms with Crippen molar-refractivity contribution in [2.24, 2.45) is 0 Å². The molecule has 24 heavy (non-hydrogen) atoms. The minimum atomic E-state index is -0.603. The number of hydrogen-bond acceptors (Lipinski definition) is 7. The molecule has 0 bridgehead atoms. The normalized spacial score (nSPS) is 12.9. The fourth-order valence-electron chi connectivity index (χ4n) is 2.17. The van der Waals surface area contributed by atoms with Gasteiger partial charge in [-0.25, -0.2) is 4.79 Å². The number of hydrogen-bond donors (Lipinski definition) is 2. The van der Waals surface area contributed by atoms with E-state index in [2.05, 4.69) is 10.6 Å². The minimum absolute atomic E-state index is 0.0477. The molecule has 2 amide bonds. The van der Waals surface area contributed by atoms with Crippen LogP contribution < -0.4 is 20.3 Å². The van der Waals surface area contributed by atoms with Gasteiger partial charge in [0.1, 0.15) is 6.54 Å². The Bertz CT molecular complexity index is 690. The van der Waals surface area contributed by atoms with Crippen LogP contribution in [-0.4, -0.2) is 48.9 Å². The average Bonchev–Trinajstić information content (AvgIpc) is 2.50. The zero-order chi connectivity index (χ0) is 17.7. The Morgan fingerprint density at radius 2 is 2.04 bits per heavy atom. The molecule has 10 nitrogen and oxygen atoms in total. The number of fused-ring (bicyclic) bond motifs is 1. The van der Waals surface area contributed by atoms with Crippen LogP contribution in [-0.2, 0) is 14.4 Å². The SMILES string of the molecule is CC(=O)NCCNC(=O)CN1CC(=O)Oc2cc([N+](=O)[O-])ccc21. The van der Waals surface area contributed by atoms with Gasteiger partial charge in [-0.15, -0.1) is 0 Å². The topological polar surface area (TPSA) is 131 Å². The van der Waals surface area contributed by atoms with Crippen LogP contribution in [0.5, 0.6) is 5.75 Å². The van der Waals surface area contributed by atoms with E-state index in [0.29, 0.717) is 12.2 Å². The molecule has 0 atom stereocenters. The number of ether oxygens (including phenoxy) is 1. The van der Waals surface area contributed by atoms with Crippen molar-refractivity contribution in [3.8, 4) is 5.75 Å². The summed E-state index contributed by atoms with van der Waals surface area (Å²) in [5, 5.41) is 15.9. The first kappa shape index (κ1) is 17.2. The fourth-order valence-corrected chi connectivity index (χ4v) is 2.17. The zero-order valence-electron chi connectivity index (χ0n) is 12.9. The Balaban J connectivity index is 2.01. The van der Waals surface area contributed by atoms with Gasteiger partial charge in [0.15, 0.2) is 5.75 Å². The third-order valence-corrected chi connectivity index (χ3v) is 3.19. The third kappa shape index (κ3) is 4.41. The number of nitrogens with one attached hydrogen (secondary N) is 2. The summed E-state index contributed by atoms with van der Waals surface area (Å²) < 4.78 is 5.00. The van der Waals surface area contributed by atoms with Gasteiger partial charge in [-0.2, -0.15) is 0 Å². The number of benzene rings is 1. The molecule has 1 aliphatic rings. The van der Waals surface area contributed by atoms with Crippen LogP contribution in [0.4, 0.5) is 11.4 Å². The number of carbonyl (C=O) groups excluding carboxylic acids is 3. The zero-order valence-corrected chi connectivity index (χ0v) is 12.9. The van der Waals surface area contributed by atoms with Crippen molar-refractivity contribution < 1.29 is 24.0 Å². The number of amides is 2. The highest BCUT2D eigenvalue weighted by Crippen LogP contribution is 2.34. The van der Waals surface area contributed by atoms with Gasteiger partial charge in [-0.1, -0.05) is 0 Å². The number of nitro benzene ring substituents is 1. The number of rotatable bonds is 6. The van der Waals surface area contributed by atoms with E-state index in [1.54, 1.807) is 0 Å². The monoisotopic (exact) mass is 336 g/mol. The van der Waals surface area contributed by atoms with Crippen molar-refractivity contribution in [1.29, 1.82) is 0 Å². The Hall–Kier alpha value is -3.17. The van der Waals surface area contributed by atoms with Crippen LogP contribution in [0, 0.1) is 10.1 Å². The van der Waals surface area contributed by atoms with E-state index in [9.17, 15) is 24.5 Å². The molecule has 0 spiro atoms. The second-order valence-corrected chi connectivity index (χ2v) is 5.07. The van der Waals surface area contributed by atoms with Crippen molar-refractivity contribution in [2.45, 2.75) is 6.92 Å². The van der Waals surface area contributed by atoms with Gasteiger partial charge in [0.25, 0.3) is 5.69 Å². The highest BCUT2D eigenvalue weighted by atomic mass is 16.6. The summed E-state index contributed by atoms with van der Waals surface area (Å²) in [4.78, 5) is 45.9. The summed E-state index contributed by atoms with van der Waals surface area (Å²) in [5.74, 6) is -1.10. The Labute approximate surface area is 136 Å². The maximum atomic E-state index is 11.9. The smallest absolute Gasteiger partial charge is 0.331 e. The van der Waals surface area contributed by atoms with E-state index in [-0.39, 0.29) is 42.9 Å². The summed E-state index contributed by atoms with van der Waals surface area (Å²) in [6, 6.07) is 3.86. The van der Waals surface area contributed by atoms with E-state index in [0.717, 1.165) is 6.07 Å². The lowest BCUT2D eigenvalue weighted by molar-refractivity contribution is -0.384. The van der Waals surface area contributed by atoms with Crippen molar-refractivity contribution >= 4 is 29.2 Å². The minimum Gasteiger partial charge on any atom is -0.423 e. The summed E-state index contributed by atoms with van der Waals surface area (Å²) >= 11 is 0. The summed E-state index contributed by atoms with van der Waals surface area (Å²) in [6.45, 7) is 1.68. The number of anilines is 1. The van der Waals surface area contributed by atoms with Gasteiger partial charge in [0.05, 0.1) is 23.2 Å². The maximum Gasteiger partial charge on any atom is 0.331 e. The molecule has 2 rings (SSSR count). The van der Waals surface area contributed by atoms with Crippen molar-refractivity contribution in [1.82, 2.24) is 10.6 Å². The molecule has 1 heterocycles. The first-order valence-electron chi connectivity index (χ1n) is 7.12. The quantitative estimate of drug-likeness (QED) is 0.237. The number of nitro groups is 1. The molecular weight excluding hydrogens is 320 g/mol. The largest absolute Gasteiger partial charge is 0.423 e. The van der Waals surface area contributed by atoms with Crippen molar-refractivity contribution in [3.05, 3.63) is 28.3 Å². The second kappa shape index (κ2) is 7.40. The molecule has 1 aromatic rings. The van der Waals surface area contributed by atoms with Crippen LogP contribution in [0.3, 0.4) is 0 Å². The number of nitrogens with zero attached hydrogens (tertiary/aromatic N) is 2. The predicted molar refractivity (Wildman–Crippen MR) is 82.6 cm³/mol. The molecule has 0 fully saturated rings. The molecule has 0 saturated heterocycles.